The van der Waals surface area contributed by atoms with E-state index in [-0.39, 0.29) is 5.91 Å². The lowest BCUT2D eigenvalue weighted by atomic mass is 10.2. The zero-order valence-corrected chi connectivity index (χ0v) is 14.0. The zero-order valence-electron chi connectivity index (χ0n) is 14.0. The molecule has 0 saturated carbocycles. The van der Waals surface area contributed by atoms with Crippen molar-refractivity contribution in [1.29, 1.82) is 0 Å². The molecule has 1 N–H and O–H groups in total. The number of anilines is 1. The highest BCUT2D eigenvalue weighted by atomic mass is 16.5. The highest BCUT2D eigenvalue weighted by Gasteiger charge is 2.17. The standard InChI is InChI=1S/C19H21NO4/c1-4-23-18-11-15(12-21)8-9-17(18)24-14(3)19(22)20-16-7-5-6-13(2)10-16/h5-12,14H,4H2,1-3H3,(H,20,22)/t14-/m0/s1. The maximum absolute atomic E-state index is 12.3. The van der Waals surface area contributed by atoms with E-state index in [0.717, 1.165) is 17.5 Å². The lowest BCUT2D eigenvalue weighted by Crippen LogP contribution is -2.30. The summed E-state index contributed by atoms with van der Waals surface area (Å²) in [6.45, 7) is 5.89. The SMILES string of the molecule is CCOc1cc(C=O)ccc1O[C@@H](C)C(=O)Nc1cccc(C)c1. The molecule has 0 fully saturated rings. The summed E-state index contributed by atoms with van der Waals surface area (Å²) in [5.41, 5.74) is 2.27. The summed E-state index contributed by atoms with van der Waals surface area (Å²) in [6, 6.07) is 12.4. The molecule has 0 unspecified atom stereocenters. The summed E-state index contributed by atoms with van der Waals surface area (Å²) in [7, 11) is 0. The van der Waals surface area contributed by atoms with E-state index in [2.05, 4.69) is 5.32 Å². The van der Waals surface area contributed by atoms with Crippen LogP contribution in [0.25, 0.3) is 0 Å². The van der Waals surface area contributed by atoms with Gasteiger partial charge in [-0.25, -0.2) is 0 Å². The van der Waals surface area contributed by atoms with E-state index < -0.39 is 6.10 Å². The van der Waals surface area contributed by atoms with Crippen molar-refractivity contribution in [3.05, 3.63) is 53.6 Å². The Morgan fingerprint density at radius 3 is 2.67 bits per heavy atom. The van der Waals surface area contributed by atoms with Crippen LogP contribution in [0.5, 0.6) is 11.5 Å². The molecule has 0 aliphatic heterocycles. The van der Waals surface area contributed by atoms with Gasteiger partial charge in [0.15, 0.2) is 17.6 Å². The van der Waals surface area contributed by atoms with Crippen molar-refractivity contribution < 1.29 is 19.1 Å². The number of amides is 1. The molecule has 5 heteroatoms. The molecular formula is C19H21NO4. The van der Waals surface area contributed by atoms with Gasteiger partial charge in [0.1, 0.15) is 6.29 Å². The second-order valence-electron chi connectivity index (χ2n) is 5.38. The molecule has 1 atom stereocenters. The predicted octanol–water partition coefficient (Wildman–Crippen LogP) is 3.61. The summed E-state index contributed by atoms with van der Waals surface area (Å²) >= 11 is 0. The Labute approximate surface area is 141 Å². The number of hydrogen-bond donors (Lipinski definition) is 1. The van der Waals surface area contributed by atoms with Gasteiger partial charge in [-0.1, -0.05) is 12.1 Å². The minimum absolute atomic E-state index is 0.262. The fourth-order valence-corrected chi connectivity index (χ4v) is 2.17. The van der Waals surface area contributed by atoms with Crippen LogP contribution in [-0.2, 0) is 4.79 Å². The molecule has 0 bridgehead atoms. The second-order valence-corrected chi connectivity index (χ2v) is 5.38. The Morgan fingerprint density at radius 1 is 1.21 bits per heavy atom. The topological polar surface area (TPSA) is 64.6 Å². The number of aryl methyl sites for hydroxylation is 1. The smallest absolute Gasteiger partial charge is 0.265 e. The minimum atomic E-state index is -0.716. The van der Waals surface area contributed by atoms with Crippen LogP contribution in [0.1, 0.15) is 29.8 Å². The van der Waals surface area contributed by atoms with E-state index in [0.29, 0.717) is 23.7 Å². The van der Waals surface area contributed by atoms with Crippen molar-refractivity contribution in [2.24, 2.45) is 0 Å². The van der Waals surface area contributed by atoms with Crippen molar-refractivity contribution in [3.8, 4) is 11.5 Å². The van der Waals surface area contributed by atoms with E-state index in [4.69, 9.17) is 9.47 Å². The molecule has 0 aromatic heterocycles. The summed E-state index contributed by atoms with van der Waals surface area (Å²) in [6.07, 6.45) is 0.0204. The highest BCUT2D eigenvalue weighted by molar-refractivity contribution is 5.94. The molecular weight excluding hydrogens is 306 g/mol. The van der Waals surface area contributed by atoms with Gasteiger partial charge in [-0.15, -0.1) is 0 Å². The quantitative estimate of drug-likeness (QED) is 0.789. The lowest BCUT2D eigenvalue weighted by molar-refractivity contribution is -0.122. The van der Waals surface area contributed by atoms with Crippen LogP contribution in [0, 0.1) is 6.92 Å². The molecule has 2 aromatic carbocycles. The highest BCUT2D eigenvalue weighted by Crippen LogP contribution is 2.29. The molecule has 0 radical (unpaired) electrons. The van der Waals surface area contributed by atoms with Crippen LogP contribution in [0.2, 0.25) is 0 Å². The van der Waals surface area contributed by atoms with Gasteiger partial charge in [-0.3, -0.25) is 9.59 Å². The average Bonchev–Trinajstić information content (AvgIpc) is 2.56. The van der Waals surface area contributed by atoms with Crippen molar-refractivity contribution in [3.63, 3.8) is 0 Å². The number of benzene rings is 2. The molecule has 1 amide bonds. The van der Waals surface area contributed by atoms with Gasteiger partial charge in [0.05, 0.1) is 6.61 Å². The van der Waals surface area contributed by atoms with Crippen molar-refractivity contribution in [2.75, 3.05) is 11.9 Å². The molecule has 0 aliphatic rings. The number of carbonyl (C=O) groups excluding carboxylic acids is 2. The largest absolute Gasteiger partial charge is 0.490 e. The molecule has 0 heterocycles. The second kappa shape index (κ2) is 8.15. The van der Waals surface area contributed by atoms with E-state index in [1.54, 1.807) is 25.1 Å². The van der Waals surface area contributed by atoms with Crippen molar-refractivity contribution in [1.82, 2.24) is 0 Å². The van der Waals surface area contributed by atoms with E-state index in [9.17, 15) is 9.59 Å². The van der Waals surface area contributed by atoms with Gasteiger partial charge in [-0.2, -0.15) is 0 Å². The van der Waals surface area contributed by atoms with Gasteiger partial charge in [0.25, 0.3) is 5.91 Å². The Kier molecular flexibility index (Phi) is 5.95. The van der Waals surface area contributed by atoms with Gasteiger partial charge in [-0.05, 0) is 56.7 Å². The predicted molar refractivity (Wildman–Crippen MR) is 92.9 cm³/mol. The van der Waals surface area contributed by atoms with Crippen LogP contribution in [0.4, 0.5) is 5.69 Å². The summed E-state index contributed by atoms with van der Waals surface area (Å²) < 4.78 is 11.2. The van der Waals surface area contributed by atoms with Crippen LogP contribution >= 0.6 is 0 Å². The Morgan fingerprint density at radius 2 is 2.00 bits per heavy atom. The van der Waals surface area contributed by atoms with Crippen LogP contribution in [-0.4, -0.2) is 24.9 Å². The molecule has 126 valence electrons. The number of ether oxygens (including phenoxy) is 2. The molecule has 2 rings (SSSR count). The van der Waals surface area contributed by atoms with Crippen LogP contribution < -0.4 is 14.8 Å². The van der Waals surface area contributed by atoms with E-state index >= 15 is 0 Å². The summed E-state index contributed by atoms with van der Waals surface area (Å²) in [5.74, 6) is 0.606. The number of hydrogen-bond acceptors (Lipinski definition) is 4. The number of rotatable bonds is 7. The van der Waals surface area contributed by atoms with Crippen molar-refractivity contribution >= 4 is 17.9 Å². The number of carbonyl (C=O) groups is 2. The first kappa shape index (κ1) is 17.5. The maximum atomic E-state index is 12.3. The monoisotopic (exact) mass is 327 g/mol. The summed E-state index contributed by atoms with van der Waals surface area (Å²) in [4.78, 5) is 23.2. The van der Waals surface area contributed by atoms with Crippen LogP contribution in [0.15, 0.2) is 42.5 Å². The Hall–Kier alpha value is -2.82. The maximum Gasteiger partial charge on any atom is 0.265 e. The first-order chi connectivity index (χ1) is 11.5. The van der Waals surface area contributed by atoms with E-state index in [1.807, 2.05) is 38.1 Å². The molecule has 0 saturated heterocycles. The Balaban J connectivity index is 2.09. The molecule has 5 nitrogen and oxygen atoms in total. The third-order valence-electron chi connectivity index (χ3n) is 3.36. The zero-order chi connectivity index (χ0) is 17.5. The third-order valence-corrected chi connectivity index (χ3v) is 3.36. The minimum Gasteiger partial charge on any atom is -0.490 e. The first-order valence-corrected chi connectivity index (χ1v) is 7.79. The molecule has 0 spiro atoms. The molecule has 0 aliphatic carbocycles. The number of aldehydes is 1. The normalized spacial score (nSPS) is 11.5. The summed E-state index contributed by atoms with van der Waals surface area (Å²) in [5, 5.41) is 2.82. The molecule has 24 heavy (non-hydrogen) atoms. The molecule has 2 aromatic rings. The third kappa shape index (κ3) is 4.59. The Bertz CT molecular complexity index is 727. The van der Waals surface area contributed by atoms with Gasteiger partial charge < -0.3 is 14.8 Å². The van der Waals surface area contributed by atoms with Crippen LogP contribution in [0.3, 0.4) is 0 Å². The van der Waals surface area contributed by atoms with Gasteiger partial charge >= 0.3 is 0 Å². The lowest BCUT2D eigenvalue weighted by Gasteiger charge is -2.17. The first-order valence-electron chi connectivity index (χ1n) is 7.79. The average molecular weight is 327 g/mol. The fraction of sp³-hybridized carbons (Fsp3) is 0.263. The van der Waals surface area contributed by atoms with Crippen molar-refractivity contribution in [2.45, 2.75) is 26.9 Å². The number of nitrogens with one attached hydrogen (secondary N) is 1. The fourth-order valence-electron chi connectivity index (χ4n) is 2.17. The van der Waals surface area contributed by atoms with Gasteiger partial charge in [0, 0.05) is 11.3 Å². The van der Waals surface area contributed by atoms with Gasteiger partial charge in [0.2, 0.25) is 0 Å². The van der Waals surface area contributed by atoms with E-state index in [1.165, 1.54) is 0 Å².